The summed E-state index contributed by atoms with van der Waals surface area (Å²) >= 11 is 1.60. The molecule has 90 valence electrons. The average Bonchev–Trinajstić information content (AvgIpc) is 2.66. The molecule has 2 amide bonds. The molecule has 0 bridgehead atoms. The molecule has 1 N–H and O–H groups in total. The van der Waals surface area contributed by atoms with E-state index in [-0.39, 0.29) is 12.1 Å². The highest BCUT2D eigenvalue weighted by molar-refractivity contribution is 7.09. The Morgan fingerprint density at radius 2 is 2.19 bits per heavy atom. The van der Waals surface area contributed by atoms with E-state index in [0.717, 1.165) is 23.8 Å². The Balaban J connectivity index is 2.57. The summed E-state index contributed by atoms with van der Waals surface area (Å²) in [6, 6.07) is -0.0544. The van der Waals surface area contributed by atoms with E-state index in [4.69, 9.17) is 0 Å². The van der Waals surface area contributed by atoms with Crippen LogP contribution in [0.2, 0.25) is 0 Å². The number of amides is 2. The van der Waals surface area contributed by atoms with Crippen LogP contribution in [0.1, 0.15) is 37.5 Å². The van der Waals surface area contributed by atoms with Crippen LogP contribution in [0.15, 0.2) is 5.38 Å². The van der Waals surface area contributed by atoms with Gasteiger partial charge < -0.3 is 10.2 Å². The maximum atomic E-state index is 11.8. The van der Waals surface area contributed by atoms with Gasteiger partial charge in [0.1, 0.15) is 0 Å². The number of aryl methyl sites for hydroxylation is 1. The van der Waals surface area contributed by atoms with Gasteiger partial charge in [-0.15, -0.1) is 11.3 Å². The van der Waals surface area contributed by atoms with Gasteiger partial charge in [0.05, 0.1) is 16.7 Å². The molecule has 5 heteroatoms. The minimum absolute atomic E-state index is 0.0249. The molecule has 0 saturated carbocycles. The van der Waals surface area contributed by atoms with Crippen LogP contribution >= 0.6 is 11.3 Å². The minimum atomic E-state index is -0.0296. The van der Waals surface area contributed by atoms with Crippen LogP contribution in [0.4, 0.5) is 4.79 Å². The van der Waals surface area contributed by atoms with Crippen LogP contribution in [-0.2, 0) is 0 Å². The highest BCUT2D eigenvalue weighted by Crippen LogP contribution is 2.15. The number of carbonyl (C=O) groups is 1. The third-order valence-corrected chi connectivity index (χ3v) is 3.26. The van der Waals surface area contributed by atoms with E-state index in [1.54, 1.807) is 16.2 Å². The van der Waals surface area contributed by atoms with Gasteiger partial charge in [0.25, 0.3) is 0 Å². The van der Waals surface area contributed by atoms with E-state index in [2.05, 4.69) is 10.3 Å². The molecule has 1 atom stereocenters. The summed E-state index contributed by atoms with van der Waals surface area (Å²) < 4.78 is 0. The number of rotatable bonds is 4. The number of carbonyl (C=O) groups excluding carboxylic acids is 1. The fraction of sp³-hybridized carbons (Fsp3) is 0.636. The number of hydrogen-bond donors (Lipinski definition) is 1. The monoisotopic (exact) mass is 241 g/mol. The summed E-state index contributed by atoms with van der Waals surface area (Å²) in [7, 11) is 0. The standard InChI is InChI=1S/C11H19N3OS/c1-5-14(6-2)11(15)12-8(3)10-7-16-9(4)13-10/h7-8H,5-6H2,1-4H3,(H,12,15). The maximum absolute atomic E-state index is 11.8. The number of nitrogens with one attached hydrogen (secondary N) is 1. The van der Waals surface area contributed by atoms with E-state index in [9.17, 15) is 4.79 Å². The predicted molar refractivity (Wildman–Crippen MR) is 66.7 cm³/mol. The molecule has 1 aromatic rings. The Morgan fingerprint density at radius 3 is 2.62 bits per heavy atom. The van der Waals surface area contributed by atoms with Crippen molar-refractivity contribution in [3.8, 4) is 0 Å². The summed E-state index contributed by atoms with van der Waals surface area (Å²) in [5, 5.41) is 5.96. The van der Waals surface area contributed by atoms with Gasteiger partial charge in [0, 0.05) is 18.5 Å². The Bertz CT molecular complexity index is 347. The third-order valence-electron chi connectivity index (χ3n) is 2.47. The van der Waals surface area contributed by atoms with E-state index in [1.807, 2.05) is 33.1 Å². The summed E-state index contributed by atoms with van der Waals surface area (Å²) in [4.78, 5) is 17.9. The molecule has 16 heavy (non-hydrogen) atoms. The first kappa shape index (κ1) is 13.0. The largest absolute Gasteiger partial charge is 0.330 e. The lowest BCUT2D eigenvalue weighted by Gasteiger charge is -2.21. The van der Waals surface area contributed by atoms with Gasteiger partial charge in [-0.2, -0.15) is 0 Å². The van der Waals surface area contributed by atoms with Crippen molar-refractivity contribution in [2.24, 2.45) is 0 Å². The van der Waals surface area contributed by atoms with E-state index in [1.165, 1.54) is 0 Å². The topological polar surface area (TPSA) is 45.2 Å². The lowest BCUT2D eigenvalue weighted by atomic mass is 10.2. The summed E-state index contributed by atoms with van der Waals surface area (Å²) in [5.41, 5.74) is 0.933. The van der Waals surface area contributed by atoms with Crippen molar-refractivity contribution in [3.05, 3.63) is 16.1 Å². The zero-order chi connectivity index (χ0) is 12.1. The van der Waals surface area contributed by atoms with Crippen molar-refractivity contribution >= 4 is 17.4 Å². The highest BCUT2D eigenvalue weighted by Gasteiger charge is 2.15. The molecule has 0 radical (unpaired) electrons. The molecule has 0 aliphatic carbocycles. The van der Waals surface area contributed by atoms with Crippen LogP contribution in [0, 0.1) is 6.92 Å². The molecule has 0 spiro atoms. The fourth-order valence-electron chi connectivity index (χ4n) is 1.44. The van der Waals surface area contributed by atoms with Crippen molar-refractivity contribution in [2.45, 2.75) is 33.7 Å². The van der Waals surface area contributed by atoms with Crippen molar-refractivity contribution in [3.63, 3.8) is 0 Å². The van der Waals surface area contributed by atoms with Crippen LogP contribution in [0.5, 0.6) is 0 Å². The molecular weight excluding hydrogens is 222 g/mol. The van der Waals surface area contributed by atoms with Crippen molar-refractivity contribution in [1.82, 2.24) is 15.2 Å². The molecular formula is C11H19N3OS. The van der Waals surface area contributed by atoms with E-state index >= 15 is 0 Å². The molecule has 0 aromatic carbocycles. The first-order chi connectivity index (χ1) is 7.58. The number of nitrogens with zero attached hydrogens (tertiary/aromatic N) is 2. The fourth-order valence-corrected chi connectivity index (χ4v) is 2.15. The van der Waals surface area contributed by atoms with Gasteiger partial charge in [-0.25, -0.2) is 9.78 Å². The SMILES string of the molecule is CCN(CC)C(=O)NC(C)c1csc(C)n1. The number of aromatic nitrogens is 1. The lowest BCUT2D eigenvalue weighted by Crippen LogP contribution is -2.40. The molecule has 0 fully saturated rings. The third kappa shape index (κ3) is 3.20. The Kier molecular flexibility index (Phi) is 4.73. The first-order valence-corrected chi connectivity index (χ1v) is 6.43. The predicted octanol–water partition coefficient (Wildman–Crippen LogP) is 2.56. The molecule has 1 aromatic heterocycles. The van der Waals surface area contributed by atoms with Gasteiger partial charge in [-0.3, -0.25) is 0 Å². The second kappa shape index (κ2) is 5.84. The average molecular weight is 241 g/mol. The summed E-state index contributed by atoms with van der Waals surface area (Å²) in [5.74, 6) is 0. The zero-order valence-electron chi connectivity index (χ0n) is 10.3. The second-order valence-electron chi connectivity index (χ2n) is 3.63. The van der Waals surface area contributed by atoms with Crippen LogP contribution in [0.25, 0.3) is 0 Å². The smallest absolute Gasteiger partial charge is 0.317 e. The molecule has 4 nitrogen and oxygen atoms in total. The quantitative estimate of drug-likeness (QED) is 0.880. The van der Waals surface area contributed by atoms with Crippen molar-refractivity contribution in [2.75, 3.05) is 13.1 Å². The summed E-state index contributed by atoms with van der Waals surface area (Å²) in [6.45, 7) is 9.32. The Morgan fingerprint density at radius 1 is 1.56 bits per heavy atom. The molecule has 1 heterocycles. The van der Waals surface area contributed by atoms with Gasteiger partial charge in [0.15, 0.2) is 0 Å². The van der Waals surface area contributed by atoms with Crippen LogP contribution < -0.4 is 5.32 Å². The van der Waals surface area contributed by atoms with E-state index in [0.29, 0.717) is 0 Å². The Labute approximate surface area is 101 Å². The Hall–Kier alpha value is -1.10. The summed E-state index contributed by atoms with van der Waals surface area (Å²) in [6.07, 6.45) is 0. The zero-order valence-corrected chi connectivity index (χ0v) is 11.1. The van der Waals surface area contributed by atoms with Gasteiger partial charge in [-0.05, 0) is 27.7 Å². The molecule has 1 unspecified atom stereocenters. The normalized spacial score (nSPS) is 12.2. The number of thiazole rings is 1. The minimum Gasteiger partial charge on any atom is -0.330 e. The van der Waals surface area contributed by atoms with Crippen molar-refractivity contribution < 1.29 is 4.79 Å². The second-order valence-corrected chi connectivity index (χ2v) is 4.70. The highest BCUT2D eigenvalue weighted by atomic mass is 32.1. The van der Waals surface area contributed by atoms with Gasteiger partial charge in [-0.1, -0.05) is 0 Å². The van der Waals surface area contributed by atoms with Gasteiger partial charge in [0.2, 0.25) is 0 Å². The molecule has 0 aliphatic heterocycles. The van der Waals surface area contributed by atoms with E-state index < -0.39 is 0 Å². The lowest BCUT2D eigenvalue weighted by molar-refractivity contribution is 0.200. The first-order valence-electron chi connectivity index (χ1n) is 5.55. The van der Waals surface area contributed by atoms with Crippen LogP contribution in [0.3, 0.4) is 0 Å². The van der Waals surface area contributed by atoms with Crippen molar-refractivity contribution in [1.29, 1.82) is 0 Å². The number of hydrogen-bond acceptors (Lipinski definition) is 3. The maximum Gasteiger partial charge on any atom is 0.317 e. The number of urea groups is 1. The van der Waals surface area contributed by atoms with Gasteiger partial charge >= 0.3 is 6.03 Å². The molecule has 0 aliphatic rings. The van der Waals surface area contributed by atoms with Crippen LogP contribution in [-0.4, -0.2) is 29.0 Å². The molecule has 0 saturated heterocycles. The molecule has 1 rings (SSSR count).